The van der Waals surface area contributed by atoms with Gasteiger partial charge in [-0.15, -0.1) is 0 Å². The van der Waals surface area contributed by atoms with Gasteiger partial charge in [-0.25, -0.2) is 0 Å². The first-order valence-corrected chi connectivity index (χ1v) is 6.80. The standard InChI is InChI=1S/C10H18N4O2S/c1-6(15)8(11)10-12-9(13-16-10)7-5-17-4-3-14(7)2/h6-8,15H,3-5,11H2,1-2H3. The topological polar surface area (TPSA) is 88.4 Å². The van der Waals surface area contributed by atoms with E-state index in [1.807, 2.05) is 11.8 Å². The molecule has 1 aliphatic heterocycles. The van der Waals surface area contributed by atoms with Crippen LogP contribution in [0.2, 0.25) is 0 Å². The van der Waals surface area contributed by atoms with Crippen molar-refractivity contribution < 1.29 is 9.63 Å². The molecule has 2 heterocycles. The van der Waals surface area contributed by atoms with Crippen molar-refractivity contribution in [2.75, 3.05) is 25.1 Å². The first-order valence-electron chi connectivity index (χ1n) is 5.64. The lowest BCUT2D eigenvalue weighted by molar-refractivity contribution is 0.146. The fourth-order valence-corrected chi connectivity index (χ4v) is 2.89. The fourth-order valence-electron chi connectivity index (χ4n) is 1.68. The molecule has 0 aromatic carbocycles. The molecule has 0 radical (unpaired) electrons. The SMILES string of the molecule is CC(O)C(N)c1nc(C2CSCCN2C)no1. The van der Waals surface area contributed by atoms with Gasteiger partial charge < -0.3 is 15.4 Å². The molecule has 96 valence electrons. The molecule has 1 fully saturated rings. The summed E-state index contributed by atoms with van der Waals surface area (Å²) in [6, 6.07) is -0.440. The molecule has 1 saturated heterocycles. The molecule has 0 aliphatic carbocycles. The molecule has 0 saturated carbocycles. The van der Waals surface area contributed by atoms with Crippen molar-refractivity contribution in [2.24, 2.45) is 5.73 Å². The zero-order valence-corrected chi connectivity index (χ0v) is 10.9. The predicted octanol–water partition coefficient (Wildman–Crippen LogP) is 0.170. The molecular weight excluding hydrogens is 240 g/mol. The molecule has 0 spiro atoms. The van der Waals surface area contributed by atoms with Crippen molar-refractivity contribution in [3.8, 4) is 0 Å². The van der Waals surface area contributed by atoms with E-state index in [9.17, 15) is 5.11 Å². The number of aliphatic hydroxyl groups excluding tert-OH is 1. The number of rotatable bonds is 3. The Labute approximate surface area is 105 Å². The number of aromatic nitrogens is 2. The minimum atomic E-state index is -0.693. The van der Waals surface area contributed by atoms with E-state index in [1.54, 1.807) is 6.92 Å². The zero-order chi connectivity index (χ0) is 12.4. The van der Waals surface area contributed by atoms with Gasteiger partial charge in [-0.3, -0.25) is 4.90 Å². The van der Waals surface area contributed by atoms with Gasteiger partial charge in [0.15, 0.2) is 5.82 Å². The number of nitrogens with two attached hydrogens (primary N) is 1. The average Bonchev–Trinajstić information content (AvgIpc) is 2.77. The van der Waals surface area contributed by atoms with Crippen LogP contribution in [0.1, 0.15) is 30.7 Å². The van der Waals surface area contributed by atoms with E-state index < -0.39 is 12.1 Å². The zero-order valence-electron chi connectivity index (χ0n) is 10.0. The van der Waals surface area contributed by atoms with Crippen molar-refractivity contribution >= 4 is 11.8 Å². The summed E-state index contributed by atoms with van der Waals surface area (Å²) in [7, 11) is 2.05. The summed E-state index contributed by atoms with van der Waals surface area (Å²) in [6.45, 7) is 2.62. The molecule has 0 bridgehead atoms. The lowest BCUT2D eigenvalue weighted by Crippen LogP contribution is -2.33. The second-order valence-electron chi connectivity index (χ2n) is 4.33. The van der Waals surface area contributed by atoms with Crippen molar-refractivity contribution in [3.05, 3.63) is 11.7 Å². The van der Waals surface area contributed by atoms with Gasteiger partial charge in [-0.2, -0.15) is 16.7 Å². The van der Waals surface area contributed by atoms with Crippen molar-refractivity contribution in [3.63, 3.8) is 0 Å². The summed E-state index contributed by atoms with van der Waals surface area (Å²) in [6.07, 6.45) is -0.693. The van der Waals surface area contributed by atoms with Crippen LogP contribution in [0.15, 0.2) is 4.52 Å². The maximum Gasteiger partial charge on any atom is 0.246 e. The Balaban J connectivity index is 2.12. The van der Waals surface area contributed by atoms with Gasteiger partial charge in [0.05, 0.1) is 12.1 Å². The summed E-state index contributed by atoms with van der Waals surface area (Å²) in [4.78, 5) is 6.50. The van der Waals surface area contributed by atoms with Gasteiger partial charge in [-0.05, 0) is 14.0 Å². The lowest BCUT2D eigenvalue weighted by Gasteiger charge is -2.29. The number of nitrogens with zero attached hydrogens (tertiary/aromatic N) is 3. The number of hydrogen-bond donors (Lipinski definition) is 2. The largest absolute Gasteiger partial charge is 0.391 e. The van der Waals surface area contributed by atoms with Crippen LogP contribution in [0.5, 0.6) is 0 Å². The highest BCUT2D eigenvalue weighted by Crippen LogP contribution is 2.27. The van der Waals surface area contributed by atoms with E-state index >= 15 is 0 Å². The molecular formula is C10H18N4O2S. The van der Waals surface area contributed by atoms with Crippen LogP contribution in [0.3, 0.4) is 0 Å². The van der Waals surface area contributed by atoms with E-state index in [2.05, 4.69) is 22.1 Å². The van der Waals surface area contributed by atoms with E-state index in [-0.39, 0.29) is 6.04 Å². The van der Waals surface area contributed by atoms with E-state index in [1.165, 1.54) is 0 Å². The summed E-state index contributed by atoms with van der Waals surface area (Å²) < 4.78 is 5.11. The third kappa shape index (κ3) is 2.79. The van der Waals surface area contributed by atoms with E-state index in [0.717, 1.165) is 18.1 Å². The molecule has 6 nitrogen and oxygen atoms in total. The second kappa shape index (κ2) is 5.34. The summed E-state index contributed by atoms with van der Waals surface area (Å²) >= 11 is 1.88. The van der Waals surface area contributed by atoms with Crippen LogP contribution in [0.4, 0.5) is 0 Å². The highest BCUT2D eigenvalue weighted by molar-refractivity contribution is 7.99. The molecule has 3 unspecified atom stereocenters. The Kier molecular flexibility index (Phi) is 4.03. The van der Waals surface area contributed by atoms with Crippen molar-refractivity contribution in [1.29, 1.82) is 0 Å². The first-order chi connectivity index (χ1) is 8.09. The maximum atomic E-state index is 9.38. The van der Waals surface area contributed by atoms with Gasteiger partial charge in [0.25, 0.3) is 0 Å². The Bertz CT molecular complexity index is 371. The lowest BCUT2D eigenvalue weighted by atomic mass is 10.2. The quantitative estimate of drug-likeness (QED) is 0.799. The molecule has 7 heteroatoms. The Hall–Kier alpha value is -0.630. The third-order valence-electron chi connectivity index (χ3n) is 2.96. The normalized spacial score (nSPS) is 25.8. The van der Waals surface area contributed by atoms with Crippen LogP contribution in [0, 0.1) is 0 Å². The highest BCUT2D eigenvalue weighted by Gasteiger charge is 2.27. The third-order valence-corrected chi connectivity index (χ3v) is 3.98. The van der Waals surface area contributed by atoms with Gasteiger partial charge >= 0.3 is 0 Å². The minimum Gasteiger partial charge on any atom is -0.391 e. The molecule has 17 heavy (non-hydrogen) atoms. The second-order valence-corrected chi connectivity index (χ2v) is 5.48. The molecule has 3 atom stereocenters. The van der Waals surface area contributed by atoms with Crippen LogP contribution in [-0.4, -0.2) is 51.3 Å². The van der Waals surface area contributed by atoms with Gasteiger partial charge in [0.2, 0.25) is 5.89 Å². The summed E-state index contributed by atoms with van der Waals surface area (Å²) in [5.74, 6) is 3.05. The first kappa shape index (κ1) is 12.8. The highest BCUT2D eigenvalue weighted by atomic mass is 32.2. The number of thioether (sulfide) groups is 1. The predicted molar refractivity (Wildman–Crippen MR) is 65.6 cm³/mol. The minimum absolute atomic E-state index is 0.174. The van der Waals surface area contributed by atoms with Gasteiger partial charge in [0, 0.05) is 18.1 Å². The van der Waals surface area contributed by atoms with E-state index in [4.69, 9.17) is 10.3 Å². The van der Waals surface area contributed by atoms with Crippen molar-refractivity contribution in [1.82, 2.24) is 15.0 Å². The summed E-state index contributed by atoms with van der Waals surface area (Å²) in [5, 5.41) is 13.3. The fraction of sp³-hybridized carbons (Fsp3) is 0.800. The molecule has 2 rings (SSSR count). The van der Waals surface area contributed by atoms with Gasteiger partial charge in [0.1, 0.15) is 6.04 Å². The Morgan fingerprint density at radius 2 is 2.41 bits per heavy atom. The summed E-state index contributed by atoms with van der Waals surface area (Å²) in [5.41, 5.74) is 5.75. The molecule has 3 N–H and O–H groups in total. The maximum absolute atomic E-state index is 9.38. The van der Waals surface area contributed by atoms with Crippen LogP contribution < -0.4 is 5.73 Å². The van der Waals surface area contributed by atoms with Crippen LogP contribution >= 0.6 is 11.8 Å². The average molecular weight is 258 g/mol. The molecule has 0 amide bonds. The van der Waals surface area contributed by atoms with E-state index in [0.29, 0.717) is 11.7 Å². The Morgan fingerprint density at radius 3 is 3.06 bits per heavy atom. The molecule has 1 aromatic heterocycles. The number of aliphatic hydroxyl groups is 1. The smallest absolute Gasteiger partial charge is 0.246 e. The Morgan fingerprint density at radius 1 is 1.65 bits per heavy atom. The van der Waals surface area contributed by atoms with Crippen LogP contribution in [0.25, 0.3) is 0 Å². The van der Waals surface area contributed by atoms with Gasteiger partial charge in [-0.1, -0.05) is 5.16 Å². The molecule has 1 aromatic rings. The monoisotopic (exact) mass is 258 g/mol. The molecule has 1 aliphatic rings. The number of hydrogen-bond acceptors (Lipinski definition) is 7. The van der Waals surface area contributed by atoms with Crippen molar-refractivity contribution in [2.45, 2.75) is 25.1 Å². The van der Waals surface area contributed by atoms with Crippen LogP contribution in [-0.2, 0) is 0 Å².